The standard InChI is InChI=1S/C17H14ClNO2/c1-20-13-8-9-14(16(10-13)21-2)17(18)15(11-19)12-6-4-3-5-7-12/h3-10H,1-2H3. The number of hydrogen-bond acceptors (Lipinski definition) is 3. The first-order chi connectivity index (χ1) is 10.2. The van der Waals surface area contributed by atoms with Crippen LogP contribution in [0.1, 0.15) is 11.1 Å². The van der Waals surface area contributed by atoms with Crippen molar-refractivity contribution in [1.82, 2.24) is 0 Å². The largest absolute Gasteiger partial charge is 0.497 e. The Balaban J connectivity index is 2.59. The van der Waals surface area contributed by atoms with Gasteiger partial charge in [-0.05, 0) is 17.7 Å². The van der Waals surface area contributed by atoms with E-state index in [0.717, 1.165) is 5.56 Å². The zero-order valence-electron chi connectivity index (χ0n) is 11.8. The molecule has 0 aliphatic carbocycles. The molecule has 0 unspecified atom stereocenters. The molecule has 3 nitrogen and oxygen atoms in total. The number of benzene rings is 2. The van der Waals surface area contributed by atoms with Crippen molar-refractivity contribution in [2.75, 3.05) is 14.2 Å². The van der Waals surface area contributed by atoms with Gasteiger partial charge in [-0.2, -0.15) is 5.26 Å². The number of ether oxygens (including phenoxy) is 2. The molecule has 2 rings (SSSR count). The molecule has 106 valence electrons. The Labute approximate surface area is 129 Å². The molecular weight excluding hydrogens is 286 g/mol. The summed E-state index contributed by atoms with van der Waals surface area (Å²) in [5, 5.41) is 9.77. The Bertz CT molecular complexity index is 702. The number of rotatable bonds is 4. The SMILES string of the molecule is COc1ccc(C(Cl)=C(C#N)c2ccccc2)c(OC)c1. The Morgan fingerprint density at radius 1 is 1.05 bits per heavy atom. The van der Waals surface area contributed by atoms with Gasteiger partial charge in [-0.15, -0.1) is 0 Å². The highest BCUT2D eigenvalue weighted by Gasteiger charge is 2.14. The minimum atomic E-state index is 0.350. The van der Waals surface area contributed by atoms with Crippen LogP contribution >= 0.6 is 11.6 Å². The van der Waals surface area contributed by atoms with Crippen LogP contribution in [-0.2, 0) is 0 Å². The molecule has 0 heterocycles. The third-order valence-corrected chi connectivity index (χ3v) is 3.43. The van der Waals surface area contributed by atoms with E-state index >= 15 is 0 Å². The summed E-state index contributed by atoms with van der Waals surface area (Å²) in [5.74, 6) is 1.22. The summed E-state index contributed by atoms with van der Waals surface area (Å²) in [4.78, 5) is 0. The van der Waals surface area contributed by atoms with Crippen LogP contribution in [0, 0.1) is 11.3 Å². The van der Waals surface area contributed by atoms with Gasteiger partial charge in [-0.1, -0.05) is 41.9 Å². The van der Waals surface area contributed by atoms with E-state index in [4.69, 9.17) is 21.1 Å². The maximum Gasteiger partial charge on any atom is 0.131 e. The molecule has 0 amide bonds. The molecule has 0 aliphatic rings. The summed E-state index contributed by atoms with van der Waals surface area (Å²) in [6.07, 6.45) is 0. The third-order valence-electron chi connectivity index (χ3n) is 3.04. The van der Waals surface area contributed by atoms with Gasteiger partial charge in [-0.3, -0.25) is 0 Å². The van der Waals surface area contributed by atoms with E-state index < -0.39 is 0 Å². The smallest absolute Gasteiger partial charge is 0.131 e. The number of halogens is 1. The van der Waals surface area contributed by atoms with Crippen LogP contribution in [0.3, 0.4) is 0 Å². The van der Waals surface area contributed by atoms with Gasteiger partial charge in [0.2, 0.25) is 0 Å². The van der Waals surface area contributed by atoms with E-state index in [1.165, 1.54) is 0 Å². The van der Waals surface area contributed by atoms with Crippen LogP contribution in [0.4, 0.5) is 0 Å². The van der Waals surface area contributed by atoms with Gasteiger partial charge in [0, 0.05) is 11.6 Å². The second kappa shape index (κ2) is 6.83. The topological polar surface area (TPSA) is 42.2 Å². The fourth-order valence-corrected chi connectivity index (χ4v) is 2.27. The molecule has 0 saturated heterocycles. The lowest BCUT2D eigenvalue weighted by molar-refractivity contribution is 0.393. The average molecular weight is 300 g/mol. The van der Waals surface area contributed by atoms with Crippen molar-refractivity contribution in [3.63, 3.8) is 0 Å². The van der Waals surface area contributed by atoms with Gasteiger partial charge in [-0.25, -0.2) is 0 Å². The lowest BCUT2D eigenvalue weighted by Crippen LogP contribution is -1.93. The lowest BCUT2D eigenvalue weighted by Gasteiger charge is -2.11. The Kier molecular flexibility index (Phi) is 4.86. The predicted octanol–water partition coefficient (Wildman–Crippen LogP) is 4.33. The molecule has 2 aromatic carbocycles. The Morgan fingerprint density at radius 3 is 2.33 bits per heavy atom. The zero-order valence-corrected chi connectivity index (χ0v) is 12.5. The van der Waals surface area contributed by atoms with E-state index in [0.29, 0.717) is 27.7 Å². The van der Waals surface area contributed by atoms with Crippen molar-refractivity contribution in [2.45, 2.75) is 0 Å². The van der Waals surface area contributed by atoms with Crippen LogP contribution in [0.25, 0.3) is 10.6 Å². The molecule has 0 N–H and O–H groups in total. The first-order valence-corrected chi connectivity index (χ1v) is 6.66. The number of hydrogen-bond donors (Lipinski definition) is 0. The minimum Gasteiger partial charge on any atom is -0.497 e. The summed E-state index contributed by atoms with van der Waals surface area (Å²) in [7, 11) is 3.13. The lowest BCUT2D eigenvalue weighted by atomic mass is 10.0. The van der Waals surface area contributed by atoms with Gasteiger partial charge in [0.05, 0.1) is 24.8 Å². The summed E-state index contributed by atoms with van der Waals surface area (Å²) < 4.78 is 10.5. The normalized spacial score (nSPS) is 11.3. The molecule has 0 bridgehead atoms. The molecule has 21 heavy (non-hydrogen) atoms. The molecule has 0 fully saturated rings. The Hall–Kier alpha value is -2.44. The predicted molar refractivity (Wildman–Crippen MR) is 84.3 cm³/mol. The van der Waals surface area contributed by atoms with Crippen LogP contribution in [0.2, 0.25) is 0 Å². The van der Waals surface area contributed by atoms with Crippen LogP contribution in [0.5, 0.6) is 11.5 Å². The zero-order chi connectivity index (χ0) is 15.2. The molecule has 0 radical (unpaired) electrons. The monoisotopic (exact) mass is 299 g/mol. The van der Waals surface area contributed by atoms with Crippen molar-refractivity contribution < 1.29 is 9.47 Å². The van der Waals surface area contributed by atoms with Gasteiger partial charge in [0.25, 0.3) is 0 Å². The molecule has 0 spiro atoms. The summed E-state index contributed by atoms with van der Waals surface area (Å²) in [5.41, 5.74) is 1.82. The summed E-state index contributed by atoms with van der Waals surface area (Å²) in [6.45, 7) is 0. The van der Waals surface area contributed by atoms with Gasteiger partial charge < -0.3 is 9.47 Å². The average Bonchev–Trinajstić information content (AvgIpc) is 2.55. The van der Waals surface area contributed by atoms with Crippen LogP contribution in [0.15, 0.2) is 48.5 Å². The number of nitriles is 1. The fourth-order valence-electron chi connectivity index (χ4n) is 1.96. The summed E-state index contributed by atoms with van der Waals surface area (Å²) in [6, 6.07) is 16.8. The molecule has 0 atom stereocenters. The number of methoxy groups -OCH3 is 2. The highest BCUT2D eigenvalue weighted by atomic mass is 35.5. The third kappa shape index (κ3) is 3.18. The van der Waals surface area contributed by atoms with E-state index in [1.807, 2.05) is 30.3 Å². The second-order valence-electron chi connectivity index (χ2n) is 4.23. The molecule has 0 saturated carbocycles. The molecule has 0 aromatic heterocycles. The van der Waals surface area contributed by atoms with E-state index in [-0.39, 0.29) is 0 Å². The maximum absolute atomic E-state index is 9.42. The van der Waals surface area contributed by atoms with Gasteiger partial charge >= 0.3 is 0 Å². The van der Waals surface area contributed by atoms with Crippen LogP contribution < -0.4 is 9.47 Å². The second-order valence-corrected chi connectivity index (χ2v) is 4.61. The number of nitrogens with zero attached hydrogens (tertiary/aromatic N) is 1. The van der Waals surface area contributed by atoms with Crippen LogP contribution in [-0.4, -0.2) is 14.2 Å². The van der Waals surface area contributed by atoms with E-state index in [9.17, 15) is 5.26 Å². The maximum atomic E-state index is 9.42. The fraction of sp³-hybridized carbons (Fsp3) is 0.118. The van der Waals surface area contributed by atoms with Crippen molar-refractivity contribution >= 4 is 22.2 Å². The van der Waals surface area contributed by atoms with Crippen molar-refractivity contribution in [3.8, 4) is 17.6 Å². The van der Waals surface area contributed by atoms with E-state index in [1.54, 1.807) is 32.4 Å². The van der Waals surface area contributed by atoms with Gasteiger partial charge in [0.1, 0.15) is 17.6 Å². The highest BCUT2D eigenvalue weighted by molar-refractivity contribution is 6.53. The highest BCUT2D eigenvalue weighted by Crippen LogP contribution is 2.36. The van der Waals surface area contributed by atoms with E-state index in [2.05, 4.69) is 6.07 Å². The molecule has 4 heteroatoms. The number of allylic oxidation sites excluding steroid dienone is 1. The minimum absolute atomic E-state index is 0.350. The Morgan fingerprint density at radius 2 is 1.76 bits per heavy atom. The van der Waals surface area contributed by atoms with Gasteiger partial charge in [0.15, 0.2) is 0 Å². The first kappa shape index (κ1) is 15.0. The molecular formula is C17H14ClNO2. The summed E-state index contributed by atoms with van der Waals surface area (Å²) >= 11 is 6.42. The van der Waals surface area contributed by atoms with Crippen molar-refractivity contribution in [3.05, 3.63) is 59.7 Å². The molecule has 0 aliphatic heterocycles. The first-order valence-electron chi connectivity index (χ1n) is 6.29. The molecule has 2 aromatic rings. The van der Waals surface area contributed by atoms with Crippen molar-refractivity contribution in [2.24, 2.45) is 0 Å². The quantitative estimate of drug-likeness (QED) is 0.623. The van der Waals surface area contributed by atoms with Crippen molar-refractivity contribution in [1.29, 1.82) is 5.26 Å².